The van der Waals surface area contributed by atoms with Crippen LogP contribution in [0.15, 0.2) is 54.6 Å². The topological polar surface area (TPSA) is 9.23 Å². The Balaban J connectivity index is 0.00000241. The van der Waals surface area contributed by atoms with Gasteiger partial charge in [0.15, 0.2) is 0 Å². The molecule has 2 aliphatic heterocycles. The highest BCUT2D eigenvalue weighted by Gasteiger charge is 2.71. The van der Waals surface area contributed by atoms with Gasteiger partial charge in [0.25, 0.3) is 0 Å². The summed E-state index contributed by atoms with van der Waals surface area (Å²) in [5.74, 6) is 1.61. The average molecular weight is 523 g/mol. The highest BCUT2D eigenvalue weighted by Crippen LogP contribution is 2.61. The minimum absolute atomic E-state index is 0. The third kappa shape index (κ3) is 3.65. The molecule has 1 saturated carbocycles. The molecule has 34 heavy (non-hydrogen) atoms. The van der Waals surface area contributed by atoms with Crippen LogP contribution in [0.3, 0.4) is 0 Å². The van der Waals surface area contributed by atoms with Gasteiger partial charge in [-0.25, -0.2) is 0 Å². The molecule has 3 aliphatic rings. The first kappa shape index (κ1) is 24.3. The van der Waals surface area contributed by atoms with Crippen LogP contribution in [0.1, 0.15) is 64.4 Å². The maximum absolute atomic E-state index is 6.70. The van der Waals surface area contributed by atoms with Gasteiger partial charge in [-0.1, -0.05) is 74.7 Å². The fourth-order valence-electron chi connectivity index (χ4n) is 8.24. The van der Waals surface area contributed by atoms with Gasteiger partial charge < -0.3 is 26.2 Å². The second-order valence-electron chi connectivity index (χ2n) is 11.4. The number of hydrogen-bond acceptors (Lipinski definition) is 1. The molecule has 2 saturated heterocycles. The Labute approximate surface area is 216 Å². The van der Waals surface area contributed by atoms with Crippen molar-refractivity contribution in [1.82, 2.24) is 0 Å². The van der Waals surface area contributed by atoms with E-state index in [0.717, 1.165) is 25.0 Å². The van der Waals surface area contributed by atoms with Crippen molar-refractivity contribution in [2.75, 3.05) is 19.7 Å². The summed E-state index contributed by atoms with van der Waals surface area (Å²) in [5.41, 5.74) is 1.95. The third-order valence-corrected chi connectivity index (χ3v) is 9.98. The molecule has 182 valence electrons. The summed E-state index contributed by atoms with van der Waals surface area (Å²) in [7, 11) is 0. The quantitative estimate of drug-likeness (QED) is 0.241. The summed E-state index contributed by atoms with van der Waals surface area (Å²) in [5, 5.41) is 5.68. The fraction of sp³-hybridized carbons (Fsp3) is 0.548. The van der Waals surface area contributed by atoms with E-state index in [1.165, 1.54) is 84.1 Å². The van der Waals surface area contributed by atoms with Crippen molar-refractivity contribution in [3.05, 3.63) is 60.2 Å². The molecule has 0 N–H and O–H groups in total. The first-order valence-electron chi connectivity index (χ1n) is 13.5. The Morgan fingerprint density at radius 2 is 1.62 bits per heavy atom. The van der Waals surface area contributed by atoms with Crippen molar-refractivity contribution in [1.29, 1.82) is 0 Å². The third-order valence-electron chi connectivity index (χ3n) is 9.98. The number of nitrogens with zero attached hydrogens (tertiary/aromatic N) is 1. The van der Waals surface area contributed by atoms with Crippen molar-refractivity contribution >= 4 is 21.5 Å². The summed E-state index contributed by atoms with van der Waals surface area (Å²) in [6.45, 7) is 9.58. The zero-order valence-electron chi connectivity index (χ0n) is 20.9. The van der Waals surface area contributed by atoms with E-state index >= 15 is 0 Å². The van der Waals surface area contributed by atoms with Crippen molar-refractivity contribution < 1.29 is 26.2 Å². The number of rotatable bonds is 8. The molecule has 3 aromatic carbocycles. The smallest absolute Gasteiger partial charge is 0.115 e. The minimum atomic E-state index is 0. The predicted molar refractivity (Wildman–Crippen MR) is 138 cm³/mol. The summed E-state index contributed by atoms with van der Waals surface area (Å²) in [4.78, 5) is 0. The molecule has 0 spiro atoms. The first-order valence-corrected chi connectivity index (χ1v) is 13.5. The second kappa shape index (κ2) is 9.56. The van der Waals surface area contributed by atoms with Gasteiger partial charge in [-0.2, -0.15) is 0 Å². The van der Waals surface area contributed by atoms with Crippen LogP contribution in [0.5, 0.6) is 0 Å². The number of fused-ring (bicyclic) bond motifs is 2. The van der Waals surface area contributed by atoms with Crippen molar-refractivity contribution in [2.24, 2.45) is 11.8 Å². The lowest BCUT2D eigenvalue weighted by atomic mass is 9.82. The average Bonchev–Trinajstić information content (AvgIpc) is 3.41. The zero-order chi connectivity index (χ0) is 22.5. The van der Waals surface area contributed by atoms with Gasteiger partial charge in [-0.05, 0) is 53.8 Å². The Hall–Kier alpha value is -1.42. The van der Waals surface area contributed by atoms with Gasteiger partial charge in [0, 0.05) is 30.4 Å². The van der Waals surface area contributed by atoms with Gasteiger partial charge in [0.1, 0.15) is 24.7 Å². The largest absolute Gasteiger partial charge is 1.00 e. The Morgan fingerprint density at radius 1 is 0.912 bits per heavy atom. The van der Waals surface area contributed by atoms with E-state index in [1.54, 1.807) is 5.56 Å². The van der Waals surface area contributed by atoms with Gasteiger partial charge >= 0.3 is 0 Å². The fourth-order valence-corrected chi connectivity index (χ4v) is 8.24. The molecule has 5 atom stereocenters. The van der Waals surface area contributed by atoms with E-state index in [2.05, 4.69) is 68.4 Å². The van der Waals surface area contributed by atoms with Gasteiger partial charge in [-0.15, -0.1) is 0 Å². The highest BCUT2D eigenvalue weighted by atomic mass is 79.9. The molecule has 0 aromatic heterocycles. The monoisotopic (exact) mass is 521 g/mol. The molecule has 2 heterocycles. The minimum Gasteiger partial charge on any atom is -1.00 e. The van der Waals surface area contributed by atoms with Crippen LogP contribution in [0.25, 0.3) is 21.5 Å². The summed E-state index contributed by atoms with van der Waals surface area (Å²) in [6.07, 6.45) is 9.81. The molecule has 0 bridgehead atoms. The molecule has 3 aromatic rings. The van der Waals surface area contributed by atoms with E-state index in [0.29, 0.717) is 11.6 Å². The standard InChI is InChI=1S/C31H40NO.BrH/c1-3-4-5-10-19-33-30-22-32(18-17-25-15-16-29(30)31(25,32)2)21-28-26-13-8-6-11-23(26)20-24-12-7-9-14-27(24)28;/h6-9,11-14,20,25,29-30H,3-5,10,15-19,21-22H2,1-2H3;1H/q+1;/p-1/t25-,29+,30-,31+,32+;/m0./s1. The van der Waals surface area contributed by atoms with E-state index in [9.17, 15) is 0 Å². The SMILES string of the molecule is CCCCCCO[C@H]1C[N@+]2(Cc3c4ccccc4cc4ccccc34)CC[C@@H]3CC[C@H]1[C@@]32C.[Br-]. The van der Waals surface area contributed by atoms with Crippen LogP contribution < -0.4 is 17.0 Å². The van der Waals surface area contributed by atoms with Gasteiger partial charge in [-0.3, -0.25) is 0 Å². The van der Waals surface area contributed by atoms with Crippen LogP contribution in [-0.4, -0.2) is 35.8 Å². The lowest BCUT2D eigenvalue weighted by Gasteiger charge is -2.44. The van der Waals surface area contributed by atoms with Crippen LogP contribution in [-0.2, 0) is 11.3 Å². The molecule has 3 heteroatoms. The molecule has 3 fully saturated rings. The van der Waals surface area contributed by atoms with Crippen molar-refractivity contribution in [2.45, 2.75) is 77.0 Å². The van der Waals surface area contributed by atoms with Crippen molar-refractivity contribution in [3.63, 3.8) is 0 Å². The number of unbranched alkanes of at least 4 members (excludes halogenated alkanes) is 3. The molecule has 6 rings (SSSR count). The lowest BCUT2D eigenvalue weighted by Crippen LogP contribution is -3.00. The lowest BCUT2D eigenvalue weighted by molar-refractivity contribution is -0.965. The number of benzene rings is 3. The normalized spacial score (nSPS) is 31.8. The molecule has 0 amide bonds. The van der Waals surface area contributed by atoms with Gasteiger partial charge in [0.2, 0.25) is 0 Å². The molecule has 2 nitrogen and oxygen atoms in total. The van der Waals surface area contributed by atoms with Crippen LogP contribution in [0.2, 0.25) is 0 Å². The van der Waals surface area contributed by atoms with E-state index in [1.807, 2.05) is 0 Å². The highest BCUT2D eigenvalue weighted by molar-refractivity contribution is 6.02. The number of halogens is 1. The Morgan fingerprint density at radius 3 is 2.32 bits per heavy atom. The number of hydrogen-bond donors (Lipinski definition) is 0. The first-order chi connectivity index (χ1) is 16.2. The summed E-state index contributed by atoms with van der Waals surface area (Å²) >= 11 is 0. The molecular weight excluding hydrogens is 482 g/mol. The van der Waals surface area contributed by atoms with E-state index in [4.69, 9.17) is 4.74 Å². The molecule has 1 aliphatic carbocycles. The van der Waals surface area contributed by atoms with Crippen LogP contribution in [0.4, 0.5) is 0 Å². The predicted octanol–water partition coefficient (Wildman–Crippen LogP) is 4.48. The molecule has 0 unspecified atom stereocenters. The van der Waals surface area contributed by atoms with E-state index < -0.39 is 0 Å². The van der Waals surface area contributed by atoms with Crippen LogP contribution >= 0.6 is 0 Å². The maximum Gasteiger partial charge on any atom is 0.115 e. The molecule has 0 radical (unpaired) electrons. The Kier molecular flexibility index (Phi) is 6.83. The number of quaternary nitrogens is 1. The molecular formula is C31H40BrNO. The second-order valence-corrected chi connectivity index (χ2v) is 11.4. The van der Waals surface area contributed by atoms with Gasteiger partial charge in [0.05, 0.1) is 6.54 Å². The number of ether oxygens (including phenoxy) is 1. The van der Waals surface area contributed by atoms with Crippen LogP contribution in [0, 0.1) is 11.8 Å². The summed E-state index contributed by atoms with van der Waals surface area (Å²) in [6, 6.07) is 20.5. The zero-order valence-corrected chi connectivity index (χ0v) is 22.5. The Bertz CT molecular complexity index is 1110. The maximum atomic E-state index is 6.70. The van der Waals surface area contributed by atoms with E-state index in [-0.39, 0.29) is 17.0 Å². The van der Waals surface area contributed by atoms with Crippen molar-refractivity contribution in [3.8, 4) is 0 Å². The summed E-state index contributed by atoms with van der Waals surface area (Å²) < 4.78 is 7.95.